The highest BCUT2D eigenvalue weighted by atomic mass is 16.2. The van der Waals surface area contributed by atoms with Gasteiger partial charge in [0.2, 0.25) is 5.91 Å². The van der Waals surface area contributed by atoms with E-state index >= 15 is 0 Å². The molecule has 0 radical (unpaired) electrons. The molecular weight excluding hydrogens is 350 g/mol. The molecule has 0 aliphatic carbocycles. The molecule has 1 aromatic carbocycles. The van der Waals surface area contributed by atoms with Gasteiger partial charge in [0.05, 0.1) is 6.54 Å². The monoisotopic (exact) mass is 379 g/mol. The molecule has 0 unspecified atom stereocenters. The van der Waals surface area contributed by atoms with Crippen LogP contribution < -0.4 is 0 Å². The normalized spacial score (nSPS) is 15.4. The number of piperazine rings is 1. The Hall–Kier alpha value is -2.60. The second-order valence-electron chi connectivity index (χ2n) is 7.65. The van der Waals surface area contributed by atoms with E-state index in [9.17, 15) is 4.79 Å². The van der Waals surface area contributed by atoms with E-state index in [4.69, 9.17) is 0 Å². The first-order valence-electron chi connectivity index (χ1n) is 10.2. The molecule has 0 bridgehead atoms. The zero-order valence-electron chi connectivity index (χ0n) is 16.8. The molecule has 6 nitrogen and oxygen atoms in total. The molecule has 1 amide bonds. The van der Waals surface area contributed by atoms with Gasteiger partial charge in [0.15, 0.2) is 0 Å². The van der Waals surface area contributed by atoms with Crippen molar-refractivity contribution < 1.29 is 4.79 Å². The van der Waals surface area contributed by atoms with Gasteiger partial charge in [-0.05, 0) is 38.0 Å². The van der Waals surface area contributed by atoms with Gasteiger partial charge < -0.3 is 14.5 Å². The fraction of sp³-hybridized carbons (Fsp3) is 0.455. The summed E-state index contributed by atoms with van der Waals surface area (Å²) in [6.45, 7) is 9.48. The summed E-state index contributed by atoms with van der Waals surface area (Å²) in [6, 6.07) is 6.42. The van der Waals surface area contributed by atoms with Crippen LogP contribution >= 0.6 is 0 Å². The maximum atomic E-state index is 12.7. The van der Waals surface area contributed by atoms with Gasteiger partial charge in [0.25, 0.3) is 0 Å². The second-order valence-corrected chi connectivity index (χ2v) is 7.65. The van der Waals surface area contributed by atoms with Gasteiger partial charge in [0.1, 0.15) is 5.82 Å². The van der Waals surface area contributed by atoms with E-state index in [1.807, 2.05) is 23.5 Å². The molecule has 6 heteroatoms. The Kier molecular flexibility index (Phi) is 5.48. The fourth-order valence-electron chi connectivity index (χ4n) is 4.03. The topological polar surface area (TPSA) is 57.2 Å². The Morgan fingerprint density at radius 2 is 2.04 bits per heavy atom. The number of fused-ring (bicyclic) bond motifs is 1. The second kappa shape index (κ2) is 8.19. The number of hydrogen-bond donors (Lipinski definition) is 1. The molecule has 1 N–H and O–H groups in total. The number of carbonyl (C=O) groups is 1. The molecule has 0 spiro atoms. The SMILES string of the molecule is CCn1ccnc1CN1CCN(C(=O)CCc2c[nH]c3ccc(C)cc23)CC1. The Morgan fingerprint density at radius 1 is 1.21 bits per heavy atom. The van der Waals surface area contributed by atoms with Crippen LogP contribution in [0.25, 0.3) is 10.9 Å². The van der Waals surface area contributed by atoms with Crippen molar-refractivity contribution in [1.82, 2.24) is 24.3 Å². The Morgan fingerprint density at radius 3 is 2.82 bits per heavy atom. The predicted molar refractivity (Wildman–Crippen MR) is 111 cm³/mol. The molecule has 4 rings (SSSR count). The molecule has 3 aromatic rings. The molecular formula is C22H29N5O. The summed E-state index contributed by atoms with van der Waals surface area (Å²) < 4.78 is 2.18. The number of nitrogens with one attached hydrogen (secondary N) is 1. The molecule has 148 valence electrons. The van der Waals surface area contributed by atoms with E-state index in [0.717, 1.165) is 57.0 Å². The number of rotatable bonds is 6. The van der Waals surface area contributed by atoms with Crippen LogP contribution in [0.15, 0.2) is 36.8 Å². The van der Waals surface area contributed by atoms with Crippen LogP contribution in [0.2, 0.25) is 0 Å². The van der Waals surface area contributed by atoms with E-state index in [2.05, 4.69) is 51.5 Å². The number of benzene rings is 1. The van der Waals surface area contributed by atoms with Gasteiger partial charge in [-0.25, -0.2) is 4.98 Å². The third-order valence-electron chi connectivity index (χ3n) is 5.76. The van der Waals surface area contributed by atoms with Crippen LogP contribution in [-0.4, -0.2) is 56.4 Å². The largest absolute Gasteiger partial charge is 0.361 e. The van der Waals surface area contributed by atoms with Crippen molar-refractivity contribution >= 4 is 16.8 Å². The lowest BCUT2D eigenvalue weighted by Gasteiger charge is -2.34. The first-order chi connectivity index (χ1) is 13.6. The molecule has 1 aliphatic rings. The van der Waals surface area contributed by atoms with E-state index in [-0.39, 0.29) is 5.91 Å². The van der Waals surface area contributed by atoms with Crippen LogP contribution in [0, 0.1) is 6.92 Å². The third kappa shape index (κ3) is 3.97. The summed E-state index contributed by atoms with van der Waals surface area (Å²) in [6.07, 6.45) is 7.30. The summed E-state index contributed by atoms with van der Waals surface area (Å²) in [4.78, 5) is 24.9. The van der Waals surface area contributed by atoms with Crippen molar-refractivity contribution in [1.29, 1.82) is 0 Å². The number of H-pyrrole nitrogens is 1. The molecule has 3 heterocycles. The molecule has 1 saturated heterocycles. The maximum Gasteiger partial charge on any atom is 0.222 e. The minimum Gasteiger partial charge on any atom is -0.361 e. The number of carbonyl (C=O) groups excluding carboxylic acids is 1. The van der Waals surface area contributed by atoms with Gasteiger partial charge in [-0.3, -0.25) is 9.69 Å². The van der Waals surface area contributed by atoms with Crippen LogP contribution in [0.5, 0.6) is 0 Å². The maximum absolute atomic E-state index is 12.7. The predicted octanol–water partition coefficient (Wildman–Crippen LogP) is 2.97. The lowest BCUT2D eigenvalue weighted by molar-refractivity contribution is -0.133. The Labute approximate surface area is 166 Å². The van der Waals surface area contributed by atoms with E-state index in [0.29, 0.717) is 6.42 Å². The quantitative estimate of drug-likeness (QED) is 0.716. The van der Waals surface area contributed by atoms with Gasteiger partial charge >= 0.3 is 0 Å². The Bertz CT molecular complexity index is 949. The highest BCUT2D eigenvalue weighted by Gasteiger charge is 2.22. The number of aryl methyl sites for hydroxylation is 3. The number of imidazole rings is 1. The first-order valence-corrected chi connectivity index (χ1v) is 10.2. The number of hydrogen-bond acceptors (Lipinski definition) is 3. The molecule has 1 fully saturated rings. The van der Waals surface area contributed by atoms with Crippen molar-refractivity contribution in [2.75, 3.05) is 26.2 Å². The van der Waals surface area contributed by atoms with Crippen molar-refractivity contribution in [3.05, 3.63) is 53.7 Å². The standard InChI is InChI=1S/C22H29N5O/c1-3-26-9-8-23-21(26)16-25-10-12-27(13-11-25)22(28)7-5-18-15-24-20-6-4-17(2)14-19(18)20/h4,6,8-9,14-15,24H,3,5,7,10-13,16H2,1-2H3. The van der Waals surface area contributed by atoms with E-state index in [1.54, 1.807) is 0 Å². The average Bonchev–Trinajstić information content (AvgIpc) is 3.32. The third-order valence-corrected chi connectivity index (χ3v) is 5.76. The minimum absolute atomic E-state index is 0.261. The van der Waals surface area contributed by atoms with Gasteiger partial charge in [-0.15, -0.1) is 0 Å². The van der Waals surface area contributed by atoms with E-state index < -0.39 is 0 Å². The van der Waals surface area contributed by atoms with Gasteiger partial charge in [0, 0.05) is 68.6 Å². The molecule has 0 atom stereocenters. The van der Waals surface area contributed by atoms with Gasteiger partial charge in [-0.2, -0.15) is 0 Å². The number of aromatic amines is 1. The summed E-state index contributed by atoms with van der Waals surface area (Å²) in [5.41, 5.74) is 3.63. The van der Waals surface area contributed by atoms with Crippen molar-refractivity contribution in [3.8, 4) is 0 Å². The molecule has 0 saturated carbocycles. The lowest BCUT2D eigenvalue weighted by atomic mass is 10.1. The number of aromatic nitrogens is 3. The highest BCUT2D eigenvalue weighted by molar-refractivity contribution is 5.85. The average molecular weight is 380 g/mol. The van der Waals surface area contributed by atoms with E-state index in [1.165, 1.54) is 16.5 Å². The van der Waals surface area contributed by atoms with Crippen LogP contribution in [0.3, 0.4) is 0 Å². The fourth-order valence-corrected chi connectivity index (χ4v) is 4.03. The number of nitrogens with zero attached hydrogens (tertiary/aromatic N) is 4. The van der Waals surface area contributed by atoms with Crippen LogP contribution in [0.1, 0.15) is 30.3 Å². The molecule has 28 heavy (non-hydrogen) atoms. The van der Waals surface area contributed by atoms with Crippen LogP contribution in [-0.2, 0) is 24.3 Å². The zero-order valence-corrected chi connectivity index (χ0v) is 16.8. The first kappa shape index (κ1) is 18.7. The summed E-state index contributed by atoms with van der Waals surface area (Å²) in [5, 5.41) is 1.24. The van der Waals surface area contributed by atoms with Crippen LogP contribution in [0.4, 0.5) is 0 Å². The smallest absolute Gasteiger partial charge is 0.222 e. The zero-order chi connectivity index (χ0) is 19.5. The van der Waals surface area contributed by atoms with Gasteiger partial charge in [-0.1, -0.05) is 11.6 Å². The minimum atomic E-state index is 0.261. The Balaban J connectivity index is 1.28. The highest BCUT2D eigenvalue weighted by Crippen LogP contribution is 2.21. The van der Waals surface area contributed by atoms with Crippen molar-refractivity contribution in [3.63, 3.8) is 0 Å². The number of amides is 1. The van der Waals surface area contributed by atoms with Crippen molar-refractivity contribution in [2.45, 2.75) is 39.8 Å². The summed E-state index contributed by atoms with van der Waals surface area (Å²) >= 11 is 0. The summed E-state index contributed by atoms with van der Waals surface area (Å²) in [7, 11) is 0. The molecule has 2 aromatic heterocycles. The lowest BCUT2D eigenvalue weighted by Crippen LogP contribution is -2.48. The van der Waals surface area contributed by atoms with Crippen molar-refractivity contribution in [2.24, 2.45) is 0 Å². The summed E-state index contributed by atoms with van der Waals surface area (Å²) in [5.74, 6) is 1.37. The molecule has 1 aliphatic heterocycles.